The van der Waals surface area contributed by atoms with E-state index >= 15 is 0 Å². The number of nitrogens with zero attached hydrogens (tertiary/aromatic N) is 4. The molecule has 0 N–H and O–H groups in total. The average Bonchev–Trinajstić information content (AvgIpc) is 3.93. The van der Waals surface area contributed by atoms with Crippen LogP contribution >= 0.6 is 0 Å². The zero-order valence-corrected chi connectivity index (χ0v) is 34.5. The van der Waals surface area contributed by atoms with Gasteiger partial charge in [0, 0.05) is 54.9 Å². The van der Waals surface area contributed by atoms with E-state index in [1.54, 1.807) is 0 Å². The van der Waals surface area contributed by atoms with Crippen LogP contribution in [0, 0.1) is 0 Å². The maximum atomic E-state index is 6.58. The molecule has 13 aromatic rings. The highest BCUT2D eigenvalue weighted by molar-refractivity contribution is 6.22. The Kier molecular flexibility index (Phi) is 8.15. The molecule has 0 aliphatic carbocycles. The fraction of sp³-hybridized carbons (Fsp3) is 0. The number of fused-ring (bicyclic) bond motifs is 10. The first-order valence-electron chi connectivity index (χ1n) is 21.6. The van der Waals surface area contributed by atoms with Crippen LogP contribution in [0.4, 0.5) is 0 Å². The number of aromatic nitrogens is 4. The molecule has 0 saturated carbocycles. The van der Waals surface area contributed by atoms with Crippen LogP contribution < -0.4 is 0 Å². The Balaban J connectivity index is 0.879. The Morgan fingerprint density at radius 2 is 0.938 bits per heavy atom. The van der Waals surface area contributed by atoms with Crippen LogP contribution in [0.2, 0.25) is 0 Å². The number of pyridine rings is 1. The lowest BCUT2D eigenvalue weighted by Gasteiger charge is -2.12. The molecule has 13 rings (SSSR count). The summed E-state index contributed by atoms with van der Waals surface area (Å²) in [7, 11) is 0. The molecule has 0 radical (unpaired) electrons. The number of benzene rings is 9. The molecule has 64 heavy (non-hydrogen) atoms. The van der Waals surface area contributed by atoms with Crippen LogP contribution in [0.3, 0.4) is 0 Å². The Morgan fingerprint density at radius 1 is 0.359 bits per heavy atom. The predicted molar refractivity (Wildman–Crippen MR) is 264 cm³/mol. The van der Waals surface area contributed by atoms with Crippen molar-refractivity contribution in [2.45, 2.75) is 0 Å². The number of para-hydroxylation sites is 3. The molecule has 0 bridgehead atoms. The molecule has 0 aliphatic heterocycles. The topological polar surface area (TPSA) is 56.7 Å². The normalized spacial score (nSPS) is 11.8. The van der Waals surface area contributed by atoms with Gasteiger partial charge in [0.05, 0.1) is 39.0 Å². The first-order chi connectivity index (χ1) is 31.7. The number of furan rings is 1. The summed E-state index contributed by atoms with van der Waals surface area (Å²) in [5.74, 6) is 0.685. The zero-order chi connectivity index (χ0) is 42.1. The summed E-state index contributed by atoms with van der Waals surface area (Å²) >= 11 is 0. The summed E-state index contributed by atoms with van der Waals surface area (Å²) in [4.78, 5) is 15.7. The Hall–Kier alpha value is -8.67. The third kappa shape index (κ3) is 5.83. The van der Waals surface area contributed by atoms with E-state index in [2.05, 4.69) is 193 Å². The molecule has 0 spiro atoms. The molecule has 9 aromatic carbocycles. The van der Waals surface area contributed by atoms with Gasteiger partial charge < -0.3 is 8.98 Å². The van der Waals surface area contributed by atoms with Gasteiger partial charge in [-0.05, 0) is 59.0 Å². The lowest BCUT2D eigenvalue weighted by atomic mass is 9.97. The van der Waals surface area contributed by atoms with Gasteiger partial charge in [-0.25, -0.2) is 15.0 Å². The van der Waals surface area contributed by atoms with Gasteiger partial charge >= 0.3 is 0 Å². The molecule has 4 heterocycles. The van der Waals surface area contributed by atoms with E-state index in [-0.39, 0.29) is 0 Å². The molecule has 0 unspecified atom stereocenters. The molecule has 0 aliphatic rings. The molecule has 5 nitrogen and oxygen atoms in total. The molecule has 298 valence electrons. The SMILES string of the molecule is c1ccc(-c2nc(-c3ccc(-c4ccc(-c5nc6c7ccccc7ccc6c6oc7ccccc7c56)cc4)cc3)cc(-c3cccc(-n4c5ccccc5c5ccccc54)c3)n2)cc1. The van der Waals surface area contributed by atoms with Gasteiger partial charge in [0.25, 0.3) is 0 Å². The van der Waals surface area contributed by atoms with Gasteiger partial charge in [-0.3, -0.25) is 0 Å². The monoisotopic (exact) mass is 816 g/mol. The highest BCUT2D eigenvalue weighted by Gasteiger charge is 2.20. The van der Waals surface area contributed by atoms with Crippen LogP contribution in [0.5, 0.6) is 0 Å². The van der Waals surface area contributed by atoms with Crippen molar-refractivity contribution >= 4 is 65.4 Å². The quantitative estimate of drug-likeness (QED) is 0.157. The van der Waals surface area contributed by atoms with Gasteiger partial charge in [0.1, 0.15) is 11.2 Å². The summed E-state index contributed by atoms with van der Waals surface area (Å²) in [5.41, 5.74) is 15.0. The molecular formula is C59H36N4O. The standard InChI is InChI=1S/C59H36N4O/c1-2-14-42(15-3-1)59-60-50(36-51(61-59)43-16-12-17-44(35-43)63-52-22-9-6-19-46(52)47-20-7-10-23-53(47)63)40-29-25-37(26-30-40)38-27-31-41(32-28-38)56-55-48-21-8-11-24-54(48)64-58(55)49-34-33-39-13-4-5-18-45(39)57(49)62-56/h1-36H. The third-order valence-corrected chi connectivity index (χ3v) is 12.6. The van der Waals surface area contributed by atoms with Crippen molar-refractivity contribution in [2.24, 2.45) is 0 Å². The summed E-state index contributed by atoms with van der Waals surface area (Å²) in [5, 5.41) is 7.85. The maximum absolute atomic E-state index is 6.58. The van der Waals surface area contributed by atoms with Crippen molar-refractivity contribution in [2.75, 3.05) is 0 Å². The van der Waals surface area contributed by atoms with E-state index in [1.807, 2.05) is 30.3 Å². The van der Waals surface area contributed by atoms with Crippen molar-refractivity contribution in [3.05, 3.63) is 218 Å². The zero-order valence-electron chi connectivity index (χ0n) is 34.5. The minimum atomic E-state index is 0.685. The van der Waals surface area contributed by atoms with Crippen LogP contribution in [-0.2, 0) is 0 Å². The fourth-order valence-electron chi connectivity index (χ4n) is 9.52. The van der Waals surface area contributed by atoms with Gasteiger partial charge in [-0.15, -0.1) is 0 Å². The molecule has 5 heteroatoms. The van der Waals surface area contributed by atoms with Crippen molar-refractivity contribution < 1.29 is 4.42 Å². The van der Waals surface area contributed by atoms with Gasteiger partial charge in [0.2, 0.25) is 0 Å². The highest BCUT2D eigenvalue weighted by Crippen LogP contribution is 2.42. The summed E-state index contributed by atoms with van der Waals surface area (Å²) in [6.45, 7) is 0. The minimum absolute atomic E-state index is 0.685. The molecule has 0 fully saturated rings. The smallest absolute Gasteiger partial charge is 0.160 e. The van der Waals surface area contributed by atoms with E-state index in [0.29, 0.717) is 5.82 Å². The van der Waals surface area contributed by atoms with E-state index in [9.17, 15) is 0 Å². The number of rotatable bonds is 6. The number of hydrogen-bond donors (Lipinski definition) is 0. The second kappa shape index (κ2) is 14.5. The fourth-order valence-corrected chi connectivity index (χ4v) is 9.52. The van der Waals surface area contributed by atoms with E-state index in [1.165, 1.54) is 21.8 Å². The van der Waals surface area contributed by atoms with Gasteiger partial charge in [0.15, 0.2) is 5.82 Å². The van der Waals surface area contributed by atoms with E-state index in [0.717, 1.165) is 99.8 Å². The Labute approximate surface area is 368 Å². The van der Waals surface area contributed by atoms with E-state index in [4.69, 9.17) is 19.4 Å². The maximum Gasteiger partial charge on any atom is 0.160 e. The van der Waals surface area contributed by atoms with Gasteiger partial charge in [-0.2, -0.15) is 0 Å². The van der Waals surface area contributed by atoms with Crippen molar-refractivity contribution in [1.82, 2.24) is 19.5 Å². The minimum Gasteiger partial charge on any atom is -0.455 e. The highest BCUT2D eigenvalue weighted by atomic mass is 16.3. The molecule has 0 saturated heterocycles. The van der Waals surface area contributed by atoms with Crippen LogP contribution in [-0.4, -0.2) is 19.5 Å². The lowest BCUT2D eigenvalue weighted by Crippen LogP contribution is -1.97. The molecule has 0 amide bonds. The third-order valence-electron chi connectivity index (χ3n) is 12.6. The lowest BCUT2D eigenvalue weighted by molar-refractivity contribution is 0.672. The number of hydrogen-bond acceptors (Lipinski definition) is 4. The first-order valence-corrected chi connectivity index (χ1v) is 21.6. The van der Waals surface area contributed by atoms with Crippen LogP contribution in [0.25, 0.3) is 127 Å². The van der Waals surface area contributed by atoms with Gasteiger partial charge in [-0.1, -0.05) is 176 Å². The second-order valence-corrected chi connectivity index (χ2v) is 16.3. The van der Waals surface area contributed by atoms with Crippen molar-refractivity contribution in [3.8, 4) is 62.0 Å². The Bertz CT molecular complexity index is 3890. The largest absolute Gasteiger partial charge is 0.455 e. The van der Waals surface area contributed by atoms with E-state index < -0.39 is 0 Å². The summed E-state index contributed by atoms with van der Waals surface area (Å²) < 4.78 is 8.93. The van der Waals surface area contributed by atoms with Crippen LogP contribution in [0.15, 0.2) is 223 Å². The average molecular weight is 817 g/mol. The predicted octanol–water partition coefficient (Wildman–Crippen LogP) is 15.5. The molecule has 4 aromatic heterocycles. The molecular weight excluding hydrogens is 781 g/mol. The summed E-state index contributed by atoms with van der Waals surface area (Å²) in [6.07, 6.45) is 0. The molecule has 0 atom stereocenters. The van der Waals surface area contributed by atoms with Crippen molar-refractivity contribution in [3.63, 3.8) is 0 Å². The van der Waals surface area contributed by atoms with Crippen LogP contribution in [0.1, 0.15) is 0 Å². The first kappa shape index (κ1) is 36.0. The Morgan fingerprint density at radius 3 is 1.67 bits per heavy atom. The van der Waals surface area contributed by atoms with Crippen molar-refractivity contribution in [1.29, 1.82) is 0 Å². The second-order valence-electron chi connectivity index (χ2n) is 16.3. The summed E-state index contributed by atoms with van der Waals surface area (Å²) in [6, 6.07) is 76.6.